The van der Waals surface area contributed by atoms with E-state index in [2.05, 4.69) is 9.72 Å². The number of rotatable bonds is 2. The van der Waals surface area contributed by atoms with Gasteiger partial charge in [-0.25, -0.2) is 4.98 Å². The lowest BCUT2D eigenvalue weighted by Gasteiger charge is -2.05. The van der Waals surface area contributed by atoms with Crippen LogP contribution in [0.1, 0.15) is 11.1 Å². The average molecular weight is 180 g/mol. The summed E-state index contributed by atoms with van der Waals surface area (Å²) in [5, 5.41) is 0. The summed E-state index contributed by atoms with van der Waals surface area (Å²) in [5.74, 6) is 0.190. The fraction of sp³-hybridized carbons (Fsp3) is 0.333. The van der Waals surface area contributed by atoms with Crippen LogP contribution in [0.25, 0.3) is 0 Å². The van der Waals surface area contributed by atoms with Crippen molar-refractivity contribution in [3.63, 3.8) is 0 Å². The van der Waals surface area contributed by atoms with Crippen LogP contribution in [0.4, 0.5) is 5.82 Å². The van der Waals surface area contributed by atoms with Crippen molar-refractivity contribution in [2.24, 2.45) is 0 Å². The molecule has 0 atom stereocenters. The molecule has 4 heteroatoms. The number of nitrogens with two attached hydrogens (primary N) is 1. The lowest BCUT2D eigenvalue weighted by atomic mass is 10.1. The third kappa shape index (κ3) is 2.18. The fourth-order valence-electron chi connectivity index (χ4n) is 1.01. The summed E-state index contributed by atoms with van der Waals surface area (Å²) >= 11 is 0. The molecular weight excluding hydrogens is 168 g/mol. The van der Waals surface area contributed by atoms with E-state index in [-0.39, 0.29) is 12.4 Å². The standard InChI is InChI=1S/C9H12N2O2/c1-6-7(5-8(12)13-2)3-4-11-9(6)10/h3-4H,5H2,1-2H3,(H2,10,11). The summed E-state index contributed by atoms with van der Waals surface area (Å²) in [6, 6.07) is 1.77. The Morgan fingerprint density at radius 3 is 3.00 bits per heavy atom. The van der Waals surface area contributed by atoms with Crippen LogP contribution in [0.3, 0.4) is 0 Å². The zero-order valence-corrected chi connectivity index (χ0v) is 7.70. The van der Waals surface area contributed by atoms with E-state index in [1.54, 1.807) is 12.3 Å². The summed E-state index contributed by atoms with van der Waals surface area (Å²) in [5.41, 5.74) is 7.28. The van der Waals surface area contributed by atoms with Crippen LogP contribution in [0, 0.1) is 6.92 Å². The number of methoxy groups -OCH3 is 1. The van der Waals surface area contributed by atoms with E-state index in [1.807, 2.05) is 6.92 Å². The van der Waals surface area contributed by atoms with Gasteiger partial charge in [-0.2, -0.15) is 0 Å². The molecule has 2 N–H and O–H groups in total. The maximum atomic E-state index is 11.0. The highest BCUT2D eigenvalue weighted by Gasteiger charge is 2.07. The predicted octanol–water partition coefficient (Wildman–Crippen LogP) is 0.688. The first-order valence-electron chi connectivity index (χ1n) is 3.92. The molecule has 70 valence electrons. The maximum absolute atomic E-state index is 11.0. The van der Waals surface area contributed by atoms with Crippen molar-refractivity contribution >= 4 is 11.8 Å². The Hall–Kier alpha value is -1.58. The zero-order valence-electron chi connectivity index (χ0n) is 7.70. The smallest absolute Gasteiger partial charge is 0.309 e. The molecule has 0 aliphatic heterocycles. The molecule has 0 aliphatic carbocycles. The number of esters is 1. The van der Waals surface area contributed by atoms with Gasteiger partial charge in [-0.3, -0.25) is 4.79 Å². The molecule has 13 heavy (non-hydrogen) atoms. The molecule has 1 aromatic rings. The van der Waals surface area contributed by atoms with Gasteiger partial charge in [0, 0.05) is 6.20 Å². The van der Waals surface area contributed by atoms with E-state index in [0.717, 1.165) is 11.1 Å². The van der Waals surface area contributed by atoms with Crippen LogP contribution in [0.15, 0.2) is 12.3 Å². The highest BCUT2D eigenvalue weighted by Crippen LogP contribution is 2.13. The molecule has 1 aromatic heterocycles. The number of pyridine rings is 1. The number of anilines is 1. The molecular formula is C9H12N2O2. The van der Waals surface area contributed by atoms with Crippen LogP contribution < -0.4 is 5.73 Å². The molecule has 1 rings (SSSR count). The van der Waals surface area contributed by atoms with Crippen molar-refractivity contribution < 1.29 is 9.53 Å². The summed E-state index contributed by atoms with van der Waals surface area (Å²) in [4.78, 5) is 14.9. The van der Waals surface area contributed by atoms with E-state index in [0.29, 0.717) is 5.82 Å². The highest BCUT2D eigenvalue weighted by molar-refractivity contribution is 5.73. The molecule has 0 spiro atoms. The van der Waals surface area contributed by atoms with Crippen molar-refractivity contribution in [2.45, 2.75) is 13.3 Å². The SMILES string of the molecule is COC(=O)Cc1ccnc(N)c1C. The number of nitrogens with zero attached hydrogens (tertiary/aromatic N) is 1. The van der Waals surface area contributed by atoms with Crippen LogP contribution in [0.5, 0.6) is 0 Å². The monoisotopic (exact) mass is 180 g/mol. The van der Waals surface area contributed by atoms with E-state index in [9.17, 15) is 4.79 Å². The average Bonchev–Trinajstić information content (AvgIpc) is 2.13. The number of ether oxygens (including phenoxy) is 1. The number of hydrogen-bond donors (Lipinski definition) is 1. The molecule has 1 heterocycles. The summed E-state index contributed by atoms with van der Waals surface area (Å²) < 4.78 is 4.55. The number of aromatic nitrogens is 1. The van der Waals surface area contributed by atoms with Gasteiger partial charge in [0.2, 0.25) is 0 Å². The van der Waals surface area contributed by atoms with Crippen molar-refractivity contribution in [3.8, 4) is 0 Å². The van der Waals surface area contributed by atoms with Gasteiger partial charge < -0.3 is 10.5 Å². The Morgan fingerprint density at radius 2 is 2.38 bits per heavy atom. The summed E-state index contributed by atoms with van der Waals surface area (Å²) in [7, 11) is 1.36. The minimum Gasteiger partial charge on any atom is -0.469 e. The molecule has 0 fully saturated rings. The first-order chi connectivity index (χ1) is 6.15. The van der Waals surface area contributed by atoms with Gasteiger partial charge >= 0.3 is 5.97 Å². The van der Waals surface area contributed by atoms with E-state index >= 15 is 0 Å². The van der Waals surface area contributed by atoms with E-state index < -0.39 is 0 Å². The Bertz CT molecular complexity index is 323. The summed E-state index contributed by atoms with van der Waals surface area (Å²) in [6.07, 6.45) is 1.83. The molecule has 0 saturated carbocycles. The van der Waals surface area contributed by atoms with Crippen molar-refractivity contribution in [2.75, 3.05) is 12.8 Å². The zero-order chi connectivity index (χ0) is 9.84. The minimum absolute atomic E-state index is 0.245. The van der Waals surface area contributed by atoms with Gasteiger partial charge in [0.1, 0.15) is 5.82 Å². The minimum atomic E-state index is -0.270. The molecule has 0 aliphatic rings. The third-order valence-corrected chi connectivity index (χ3v) is 1.92. The molecule has 0 bridgehead atoms. The van der Waals surface area contributed by atoms with Gasteiger partial charge in [0.25, 0.3) is 0 Å². The van der Waals surface area contributed by atoms with Crippen molar-refractivity contribution in [1.82, 2.24) is 4.98 Å². The Morgan fingerprint density at radius 1 is 1.69 bits per heavy atom. The first kappa shape index (κ1) is 9.51. The molecule has 0 radical (unpaired) electrons. The first-order valence-corrected chi connectivity index (χ1v) is 3.92. The molecule has 0 saturated heterocycles. The van der Waals surface area contributed by atoms with E-state index in [4.69, 9.17) is 5.73 Å². The molecule has 4 nitrogen and oxygen atoms in total. The second-order valence-corrected chi connectivity index (χ2v) is 2.73. The number of hydrogen-bond acceptors (Lipinski definition) is 4. The Balaban J connectivity index is 2.89. The van der Waals surface area contributed by atoms with Crippen LogP contribution in [-0.2, 0) is 16.0 Å². The Kier molecular flexibility index (Phi) is 2.84. The fourth-order valence-corrected chi connectivity index (χ4v) is 1.01. The quantitative estimate of drug-likeness (QED) is 0.680. The number of carbonyl (C=O) groups is 1. The van der Waals surface area contributed by atoms with Crippen LogP contribution in [-0.4, -0.2) is 18.1 Å². The second kappa shape index (κ2) is 3.89. The van der Waals surface area contributed by atoms with E-state index in [1.165, 1.54) is 7.11 Å². The molecule has 0 unspecified atom stereocenters. The molecule has 0 aromatic carbocycles. The van der Waals surface area contributed by atoms with Crippen molar-refractivity contribution in [3.05, 3.63) is 23.4 Å². The van der Waals surface area contributed by atoms with Gasteiger partial charge in [-0.05, 0) is 24.1 Å². The van der Waals surface area contributed by atoms with Gasteiger partial charge in [0.05, 0.1) is 13.5 Å². The Labute approximate surface area is 76.7 Å². The second-order valence-electron chi connectivity index (χ2n) is 2.73. The van der Waals surface area contributed by atoms with Crippen molar-refractivity contribution in [1.29, 1.82) is 0 Å². The largest absolute Gasteiger partial charge is 0.469 e. The number of nitrogen functional groups attached to an aromatic ring is 1. The summed E-state index contributed by atoms with van der Waals surface area (Å²) in [6.45, 7) is 1.83. The third-order valence-electron chi connectivity index (χ3n) is 1.92. The normalized spacial score (nSPS) is 9.69. The van der Waals surface area contributed by atoms with Gasteiger partial charge in [-0.15, -0.1) is 0 Å². The topological polar surface area (TPSA) is 65.2 Å². The van der Waals surface area contributed by atoms with Gasteiger partial charge in [-0.1, -0.05) is 0 Å². The lowest BCUT2D eigenvalue weighted by molar-refractivity contribution is -0.139. The van der Waals surface area contributed by atoms with Gasteiger partial charge in [0.15, 0.2) is 0 Å². The lowest BCUT2D eigenvalue weighted by Crippen LogP contribution is -2.07. The predicted molar refractivity (Wildman–Crippen MR) is 49.1 cm³/mol. The number of carbonyl (C=O) groups excluding carboxylic acids is 1. The van der Waals surface area contributed by atoms with Crippen LogP contribution in [0.2, 0.25) is 0 Å². The highest BCUT2D eigenvalue weighted by atomic mass is 16.5. The molecule has 0 amide bonds. The van der Waals surface area contributed by atoms with Crippen LogP contribution >= 0.6 is 0 Å². The maximum Gasteiger partial charge on any atom is 0.309 e.